The summed E-state index contributed by atoms with van der Waals surface area (Å²) >= 11 is 8.15. The van der Waals surface area contributed by atoms with Crippen LogP contribution in [-0.2, 0) is 6.54 Å². The molecule has 0 aliphatic rings. The van der Waals surface area contributed by atoms with Crippen molar-refractivity contribution in [2.24, 2.45) is 0 Å². The van der Waals surface area contributed by atoms with Gasteiger partial charge in [0.1, 0.15) is 5.82 Å². The number of nitrogen functional groups attached to an aromatic ring is 1. The van der Waals surface area contributed by atoms with Crippen LogP contribution in [0.5, 0.6) is 0 Å². The standard InChI is InChI=1S/C12H13ClIN3/c1-7-5-10(13)4-3-9(7)6-17-12(15)11(14)8(2)16-17/h3-5H,6,15H2,1-2H3. The van der Waals surface area contributed by atoms with Crippen LogP contribution >= 0.6 is 34.2 Å². The Morgan fingerprint density at radius 2 is 2.12 bits per heavy atom. The van der Waals surface area contributed by atoms with E-state index < -0.39 is 0 Å². The van der Waals surface area contributed by atoms with Gasteiger partial charge in [-0.1, -0.05) is 17.7 Å². The van der Waals surface area contributed by atoms with Crippen LogP contribution in [0.4, 0.5) is 5.82 Å². The number of benzene rings is 1. The third-order valence-corrected chi connectivity index (χ3v) is 4.28. The van der Waals surface area contributed by atoms with Crippen LogP contribution in [0.3, 0.4) is 0 Å². The van der Waals surface area contributed by atoms with E-state index in [0.29, 0.717) is 6.54 Å². The fourth-order valence-electron chi connectivity index (χ4n) is 1.70. The Bertz CT molecular complexity index is 563. The smallest absolute Gasteiger partial charge is 0.135 e. The molecule has 0 unspecified atom stereocenters. The minimum Gasteiger partial charge on any atom is -0.383 e. The van der Waals surface area contributed by atoms with Gasteiger partial charge in [-0.25, -0.2) is 4.68 Å². The highest BCUT2D eigenvalue weighted by Crippen LogP contribution is 2.21. The predicted molar refractivity (Wildman–Crippen MR) is 79.4 cm³/mol. The lowest BCUT2D eigenvalue weighted by Crippen LogP contribution is -2.07. The molecule has 3 nitrogen and oxygen atoms in total. The SMILES string of the molecule is Cc1cc(Cl)ccc1Cn1nc(C)c(I)c1N. The zero-order valence-electron chi connectivity index (χ0n) is 9.67. The van der Waals surface area contributed by atoms with Crippen molar-refractivity contribution in [1.29, 1.82) is 0 Å². The first-order valence-electron chi connectivity index (χ1n) is 5.22. The first-order valence-corrected chi connectivity index (χ1v) is 6.68. The second-order valence-corrected chi connectivity index (χ2v) is 5.53. The minimum absolute atomic E-state index is 0.679. The summed E-state index contributed by atoms with van der Waals surface area (Å²) in [7, 11) is 0. The molecule has 0 saturated carbocycles. The molecule has 0 aliphatic carbocycles. The Labute approximate surface area is 119 Å². The van der Waals surface area contributed by atoms with E-state index in [2.05, 4.69) is 27.7 Å². The van der Waals surface area contributed by atoms with Gasteiger partial charge in [-0.05, 0) is 59.7 Å². The van der Waals surface area contributed by atoms with Crippen molar-refractivity contribution in [1.82, 2.24) is 9.78 Å². The highest BCUT2D eigenvalue weighted by molar-refractivity contribution is 14.1. The van der Waals surface area contributed by atoms with Crippen LogP contribution in [0, 0.1) is 17.4 Å². The van der Waals surface area contributed by atoms with E-state index in [9.17, 15) is 0 Å². The van der Waals surface area contributed by atoms with Crippen molar-refractivity contribution in [3.8, 4) is 0 Å². The highest BCUT2D eigenvalue weighted by atomic mass is 127. The number of nitrogens with zero attached hydrogens (tertiary/aromatic N) is 2. The predicted octanol–water partition coefficient (Wildman–Crippen LogP) is 3.39. The highest BCUT2D eigenvalue weighted by Gasteiger charge is 2.10. The number of halogens is 2. The third-order valence-electron chi connectivity index (χ3n) is 2.72. The zero-order valence-corrected chi connectivity index (χ0v) is 12.6. The Balaban J connectivity index is 2.34. The van der Waals surface area contributed by atoms with Gasteiger partial charge in [-0.15, -0.1) is 0 Å². The van der Waals surface area contributed by atoms with Gasteiger partial charge < -0.3 is 5.73 Å². The lowest BCUT2D eigenvalue weighted by Gasteiger charge is -2.08. The summed E-state index contributed by atoms with van der Waals surface area (Å²) in [6, 6.07) is 5.86. The normalized spacial score (nSPS) is 10.8. The fraction of sp³-hybridized carbons (Fsp3) is 0.250. The van der Waals surface area contributed by atoms with Crippen molar-refractivity contribution < 1.29 is 0 Å². The van der Waals surface area contributed by atoms with Crippen LogP contribution in [0.1, 0.15) is 16.8 Å². The molecule has 0 spiro atoms. The van der Waals surface area contributed by atoms with E-state index in [-0.39, 0.29) is 0 Å². The van der Waals surface area contributed by atoms with Crippen molar-refractivity contribution in [3.63, 3.8) is 0 Å². The summed E-state index contributed by atoms with van der Waals surface area (Å²) < 4.78 is 2.85. The molecule has 0 bridgehead atoms. The van der Waals surface area contributed by atoms with E-state index in [1.54, 1.807) is 0 Å². The lowest BCUT2D eigenvalue weighted by atomic mass is 10.1. The van der Waals surface area contributed by atoms with E-state index in [1.165, 1.54) is 5.56 Å². The van der Waals surface area contributed by atoms with Gasteiger partial charge in [-0.3, -0.25) is 0 Å². The van der Waals surface area contributed by atoms with Crippen molar-refractivity contribution in [2.45, 2.75) is 20.4 Å². The quantitative estimate of drug-likeness (QED) is 0.833. The molecule has 2 aromatic rings. The van der Waals surface area contributed by atoms with Gasteiger partial charge in [0.25, 0.3) is 0 Å². The molecule has 0 fully saturated rings. The van der Waals surface area contributed by atoms with Crippen molar-refractivity contribution in [2.75, 3.05) is 5.73 Å². The zero-order chi connectivity index (χ0) is 12.6. The van der Waals surface area contributed by atoms with Gasteiger partial charge in [-0.2, -0.15) is 5.10 Å². The number of rotatable bonds is 2. The lowest BCUT2D eigenvalue weighted by molar-refractivity contribution is 0.686. The largest absolute Gasteiger partial charge is 0.383 e. The monoisotopic (exact) mass is 361 g/mol. The van der Waals surface area contributed by atoms with Gasteiger partial charge in [0.15, 0.2) is 0 Å². The van der Waals surface area contributed by atoms with Crippen LogP contribution < -0.4 is 5.73 Å². The Hall–Kier alpha value is -0.750. The average Bonchev–Trinajstić information content (AvgIpc) is 2.50. The van der Waals surface area contributed by atoms with Gasteiger partial charge in [0.05, 0.1) is 15.8 Å². The summed E-state index contributed by atoms with van der Waals surface area (Å²) in [5, 5.41) is 5.17. The van der Waals surface area contributed by atoms with Crippen LogP contribution in [0.25, 0.3) is 0 Å². The van der Waals surface area contributed by atoms with E-state index in [4.69, 9.17) is 17.3 Å². The molecule has 5 heteroatoms. The first-order chi connectivity index (χ1) is 7.99. The van der Waals surface area contributed by atoms with Crippen molar-refractivity contribution >= 4 is 40.0 Å². The Morgan fingerprint density at radius 3 is 2.65 bits per heavy atom. The number of hydrogen-bond donors (Lipinski definition) is 1. The number of aromatic nitrogens is 2. The maximum atomic E-state index is 6.00. The van der Waals surface area contributed by atoms with Crippen LogP contribution in [0.15, 0.2) is 18.2 Å². The summed E-state index contributed by atoms with van der Waals surface area (Å²) in [5.74, 6) is 0.720. The molecule has 17 heavy (non-hydrogen) atoms. The molecule has 0 atom stereocenters. The molecule has 2 N–H and O–H groups in total. The molecular formula is C12H13ClIN3. The number of aryl methyl sites for hydroxylation is 2. The van der Waals surface area contributed by atoms with Crippen LogP contribution in [0.2, 0.25) is 5.02 Å². The summed E-state index contributed by atoms with van der Waals surface area (Å²) in [6.45, 7) is 4.68. The van der Waals surface area contributed by atoms with Gasteiger partial charge >= 0.3 is 0 Å². The van der Waals surface area contributed by atoms with Crippen molar-refractivity contribution in [3.05, 3.63) is 43.6 Å². The van der Waals surface area contributed by atoms with E-state index in [1.807, 2.05) is 36.7 Å². The number of nitrogens with two attached hydrogens (primary N) is 1. The Kier molecular flexibility index (Phi) is 3.63. The van der Waals surface area contributed by atoms with E-state index in [0.717, 1.165) is 25.7 Å². The number of anilines is 1. The van der Waals surface area contributed by atoms with Crippen LogP contribution in [-0.4, -0.2) is 9.78 Å². The molecule has 1 aromatic carbocycles. The second-order valence-electron chi connectivity index (χ2n) is 4.01. The van der Waals surface area contributed by atoms with Gasteiger partial charge in [0, 0.05) is 5.02 Å². The second kappa shape index (κ2) is 4.86. The molecule has 90 valence electrons. The molecule has 2 rings (SSSR count). The fourth-order valence-corrected chi connectivity index (χ4v) is 2.31. The maximum Gasteiger partial charge on any atom is 0.135 e. The molecule has 0 aliphatic heterocycles. The molecule has 0 amide bonds. The minimum atomic E-state index is 0.679. The Morgan fingerprint density at radius 1 is 1.41 bits per heavy atom. The number of hydrogen-bond acceptors (Lipinski definition) is 2. The van der Waals surface area contributed by atoms with E-state index >= 15 is 0 Å². The topological polar surface area (TPSA) is 43.8 Å². The summed E-state index contributed by atoms with van der Waals surface area (Å²) in [5.41, 5.74) is 9.30. The maximum absolute atomic E-state index is 6.00. The molecule has 0 saturated heterocycles. The van der Waals surface area contributed by atoms with Gasteiger partial charge in [0.2, 0.25) is 0 Å². The molecular weight excluding hydrogens is 349 g/mol. The summed E-state index contributed by atoms with van der Waals surface area (Å²) in [4.78, 5) is 0. The third kappa shape index (κ3) is 2.57. The molecule has 1 aromatic heterocycles. The molecule has 0 radical (unpaired) electrons. The average molecular weight is 362 g/mol. The first kappa shape index (κ1) is 12.7. The molecule has 1 heterocycles. The summed E-state index contributed by atoms with van der Waals surface area (Å²) in [6.07, 6.45) is 0.